The number of carbonyl (C=O) groups is 1. The predicted octanol–water partition coefficient (Wildman–Crippen LogP) is 5.25. The van der Waals surface area contributed by atoms with Crippen molar-refractivity contribution in [2.75, 3.05) is 26.7 Å². The summed E-state index contributed by atoms with van der Waals surface area (Å²) in [7, 11) is 1.81. The van der Waals surface area contributed by atoms with Gasteiger partial charge in [0.05, 0.1) is 0 Å². The van der Waals surface area contributed by atoms with Gasteiger partial charge in [-0.3, -0.25) is 4.99 Å². The maximum absolute atomic E-state index is 12.4. The molecule has 3 atom stereocenters. The molecular weight excluding hydrogens is 536 g/mol. The SMILES string of the molecule is CN=C(C)CC1=NC2NC(C3=CCC(CN4CCC5(CC4)OC(=O)c4ncccc45)C=C3)=C(C3C=CC=CC3)C=C2C=N1. The van der Waals surface area contributed by atoms with Crippen molar-refractivity contribution in [1.29, 1.82) is 0 Å². The van der Waals surface area contributed by atoms with Crippen molar-refractivity contribution in [3.8, 4) is 0 Å². The Balaban J connectivity index is 1.04. The molecule has 2 aliphatic carbocycles. The maximum atomic E-state index is 12.4. The Morgan fingerprint density at radius 1 is 1.21 bits per heavy atom. The van der Waals surface area contributed by atoms with Crippen LogP contribution >= 0.6 is 0 Å². The fourth-order valence-electron chi connectivity index (χ4n) is 6.93. The highest BCUT2D eigenvalue weighted by Gasteiger charge is 2.48. The molecule has 4 aliphatic heterocycles. The number of aromatic nitrogens is 1. The van der Waals surface area contributed by atoms with E-state index in [1.54, 1.807) is 6.20 Å². The number of piperidine rings is 1. The van der Waals surface area contributed by atoms with Crippen LogP contribution in [0.15, 0.2) is 104 Å². The molecule has 220 valence electrons. The summed E-state index contributed by atoms with van der Waals surface area (Å²) in [5.41, 5.74) is 6.76. The van der Waals surface area contributed by atoms with Crippen LogP contribution in [-0.4, -0.2) is 66.5 Å². The van der Waals surface area contributed by atoms with Crippen LogP contribution in [0.5, 0.6) is 0 Å². The summed E-state index contributed by atoms with van der Waals surface area (Å²) in [4.78, 5) is 33.1. The number of fused-ring (bicyclic) bond motifs is 3. The second-order valence-electron chi connectivity index (χ2n) is 12.2. The van der Waals surface area contributed by atoms with E-state index >= 15 is 0 Å². The van der Waals surface area contributed by atoms with Gasteiger partial charge in [0.1, 0.15) is 17.6 Å². The standard InChI is InChI=1S/C35H38N6O2/c1-23(36-2)19-30-38-21-27-20-28(25-7-4-3-5-8-25)31(40-33(27)39-30)26-12-10-24(11-13-26)22-41-17-14-35(15-18-41)29-9-6-16-37-32(29)34(42)43-35/h3-7,9-10,12-13,16,20-21,24-25,33,40H,8,11,14-15,17-19,22H2,1-2H3. The summed E-state index contributed by atoms with van der Waals surface area (Å²) < 4.78 is 5.91. The van der Waals surface area contributed by atoms with Crippen molar-refractivity contribution >= 4 is 23.7 Å². The number of aliphatic imine (C=N–C) groups is 3. The number of nitrogens with zero attached hydrogens (tertiary/aromatic N) is 5. The van der Waals surface area contributed by atoms with Gasteiger partial charge in [-0.2, -0.15) is 0 Å². The van der Waals surface area contributed by atoms with Crippen molar-refractivity contribution in [3.05, 3.63) is 101 Å². The van der Waals surface area contributed by atoms with E-state index < -0.39 is 5.60 Å². The minimum Gasteiger partial charge on any atom is -0.449 e. The lowest BCUT2D eigenvalue weighted by molar-refractivity contribution is -0.0440. The first-order valence-electron chi connectivity index (χ1n) is 15.4. The molecule has 1 aromatic rings. The molecule has 0 radical (unpaired) electrons. The van der Waals surface area contributed by atoms with E-state index in [4.69, 9.17) is 9.73 Å². The number of amidine groups is 1. The number of carbonyl (C=O) groups excluding carboxylic acids is 1. The maximum Gasteiger partial charge on any atom is 0.358 e. The zero-order chi connectivity index (χ0) is 29.4. The van der Waals surface area contributed by atoms with Crippen LogP contribution in [0.1, 0.15) is 55.1 Å². The lowest BCUT2D eigenvalue weighted by atomic mass is 9.83. The summed E-state index contributed by atoms with van der Waals surface area (Å²) >= 11 is 0. The second-order valence-corrected chi connectivity index (χ2v) is 12.2. The molecule has 7 rings (SSSR count). The quantitative estimate of drug-likeness (QED) is 0.370. The van der Waals surface area contributed by atoms with Crippen LogP contribution in [-0.2, 0) is 10.3 Å². The lowest BCUT2D eigenvalue weighted by Gasteiger charge is -2.39. The van der Waals surface area contributed by atoms with E-state index in [1.807, 2.05) is 32.3 Å². The average molecular weight is 575 g/mol. The van der Waals surface area contributed by atoms with Gasteiger partial charge in [-0.25, -0.2) is 19.8 Å². The molecule has 0 aromatic carbocycles. The van der Waals surface area contributed by atoms with Gasteiger partial charge in [0.25, 0.3) is 0 Å². The minimum atomic E-state index is -0.508. The Hall–Kier alpha value is -4.17. The number of dihydropyridines is 1. The molecule has 6 aliphatic rings. The Labute approximate surface area is 253 Å². The topological polar surface area (TPSA) is 91.5 Å². The van der Waals surface area contributed by atoms with E-state index in [0.717, 1.165) is 68.0 Å². The number of nitrogens with one attached hydrogen (secondary N) is 1. The van der Waals surface area contributed by atoms with Crippen molar-refractivity contribution in [2.24, 2.45) is 26.8 Å². The van der Waals surface area contributed by atoms with Gasteiger partial charge in [0.2, 0.25) is 0 Å². The smallest absolute Gasteiger partial charge is 0.358 e. The molecule has 3 unspecified atom stereocenters. The van der Waals surface area contributed by atoms with Crippen LogP contribution in [0.3, 0.4) is 0 Å². The first-order valence-corrected chi connectivity index (χ1v) is 15.4. The first-order chi connectivity index (χ1) is 21.0. The highest BCUT2D eigenvalue weighted by Crippen LogP contribution is 2.43. The Morgan fingerprint density at radius 3 is 2.86 bits per heavy atom. The Morgan fingerprint density at radius 2 is 2.09 bits per heavy atom. The molecule has 1 aromatic heterocycles. The number of pyridine rings is 1. The highest BCUT2D eigenvalue weighted by molar-refractivity contribution is 6.08. The van der Waals surface area contributed by atoms with Gasteiger partial charge in [0.15, 0.2) is 5.69 Å². The predicted molar refractivity (Wildman–Crippen MR) is 170 cm³/mol. The molecule has 0 amide bonds. The summed E-state index contributed by atoms with van der Waals surface area (Å²) in [6, 6.07) is 3.91. The van der Waals surface area contributed by atoms with E-state index in [0.29, 0.717) is 24.0 Å². The van der Waals surface area contributed by atoms with Crippen molar-refractivity contribution < 1.29 is 9.53 Å². The largest absolute Gasteiger partial charge is 0.449 e. The van der Waals surface area contributed by atoms with Crippen molar-refractivity contribution in [1.82, 2.24) is 15.2 Å². The Kier molecular flexibility index (Phi) is 7.39. The zero-order valence-electron chi connectivity index (χ0n) is 24.9. The van der Waals surface area contributed by atoms with E-state index in [-0.39, 0.29) is 12.1 Å². The van der Waals surface area contributed by atoms with Crippen LogP contribution in [0.2, 0.25) is 0 Å². The lowest BCUT2D eigenvalue weighted by Crippen LogP contribution is -2.44. The van der Waals surface area contributed by atoms with Crippen LogP contribution < -0.4 is 5.32 Å². The Bertz CT molecular complexity index is 1590. The number of rotatable bonds is 6. The molecular formula is C35H38N6O2. The molecule has 43 heavy (non-hydrogen) atoms. The molecule has 5 heterocycles. The third kappa shape index (κ3) is 5.40. The number of hydrogen-bond acceptors (Lipinski definition) is 8. The summed E-state index contributed by atoms with van der Waals surface area (Å²) in [6.45, 7) is 4.81. The molecule has 8 heteroatoms. The molecule has 0 saturated carbocycles. The summed E-state index contributed by atoms with van der Waals surface area (Å²) in [6.07, 6.45) is 25.9. The molecule has 1 spiro atoms. The van der Waals surface area contributed by atoms with Gasteiger partial charge in [-0.15, -0.1) is 0 Å². The third-order valence-electron chi connectivity index (χ3n) is 9.44. The van der Waals surface area contributed by atoms with Gasteiger partial charge in [0, 0.05) is 86.8 Å². The molecule has 1 N–H and O–H groups in total. The third-order valence-corrected chi connectivity index (χ3v) is 9.44. The second kappa shape index (κ2) is 11.5. The molecule has 8 nitrogen and oxygen atoms in total. The first kappa shape index (κ1) is 27.7. The van der Waals surface area contributed by atoms with Crippen molar-refractivity contribution in [3.63, 3.8) is 0 Å². The number of hydrogen-bond donors (Lipinski definition) is 1. The average Bonchev–Trinajstić information content (AvgIpc) is 3.33. The summed E-state index contributed by atoms with van der Waals surface area (Å²) in [5, 5.41) is 3.79. The van der Waals surface area contributed by atoms with E-state index in [2.05, 4.69) is 73.8 Å². The normalized spacial score (nSPS) is 27.8. The van der Waals surface area contributed by atoms with Crippen LogP contribution in [0.4, 0.5) is 0 Å². The number of ether oxygens (including phenoxy) is 1. The fourth-order valence-corrected chi connectivity index (χ4v) is 6.93. The number of likely N-dealkylation sites (tertiary alicyclic amines) is 1. The van der Waals surface area contributed by atoms with Gasteiger partial charge in [-0.05, 0) is 49.0 Å². The molecule has 1 saturated heterocycles. The van der Waals surface area contributed by atoms with Gasteiger partial charge in [-0.1, -0.05) is 48.6 Å². The number of esters is 1. The zero-order valence-corrected chi connectivity index (χ0v) is 24.9. The minimum absolute atomic E-state index is 0.142. The highest BCUT2D eigenvalue weighted by atomic mass is 16.6. The fraction of sp³-hybridized carbons (Fsp3) is 0.400. The van der Waals surface area contributed by atoms with Gasteiger partial charge >= 0.3 is 5.97 Å². The summed E-state index contributed by atoms with van der Waals surface area (Å²) in [5.74, 6) is 1.28. The molecule has 0 bridgehead atoms. The van der Waals surface area contributed by atoms with Crippen LogP contribution in [0, 0.1) is 11.8 Å². The van der Waals surface area contributed by atoms with Crippen LogP contribution in [0.25, 0.3) is 0 Å². The monoisotopic (exact) mass is 574 g/mol. The van der Waals surface area contributed by atoms with Gasteiger partial charge < -0.3 is 15.0 Å². The van der Waals surface area contributed by atoms with Crippen molar-refractivity contribution in [2.45, 2.75) is 50.8 Å². The number of allylic oxidation sites excluding steroid dienone is 8. The molecule has 1 fully saturated rings. The van der Waals surface area contributed by atoms with E-state index in [9.17, 15) is 4.79 Å². The van der Waals surface area contributed by atoms with E-state index in [1.165, 1.54) is 16.8 Å².